The third-order valence-electron chi connectivity index (χ3n) is 5.03. The Morgan fingerprint density at radius 3 is 2.85 bits per heavy atom. The van der Waals surface area contributed by atoms with E-state index in [0.29, 0.717) is 11.6 Å². The first-order valence-corrected chi connectivity index (χ1v) is 8.07. The molecule has 110 valence electrons. The number of piperazine rings is 1. The normalized spacial score (nSPS) is 26.8. The number of hydrogen-bond donors (Lipinski definition) is 1. The highest BCUT2D eigenvalue weighted by atomic mass is 15.2. The quantitative estimate of drug-likeness (QED) is 0.898. The van der Waals surface area contributed by atoms with Crippen LogP contribution < -0.4 is 5.32 Å². The first-order valence-electron chi connectivity index (χ1n) is 8.07. The number of hydrogen-bond acceptors (Lipinski definition) is 3. The minimum absolute atomic E-state index is 0.391. The molecule has 2 heterocycles. The van der Waals surface area contributed by atoms with Gasteiger partial charge in [-0.15, -0.1) is 0 Å². The van der Waals surface area contributed by atoms with Gasteiger partial charge in [0.25, 0.3) is 0 Å². The van der Waals surface area contributed by atoms with Gasteiger partial charge in [0.2, 0.25) is 0 Å². The molecule has 3 nitrogen and oxygen atoms in total. The summed E-state index contributed by atoms with van der Waals surface area (Å²) in [5.74, 6) is 0. The Hall–Kier alpha value is -0.930. The molecule has 0 radical (unpaired) electrons. The average Bonchev–Trinajstić information content (AvgIpc) is 2.44. The van der Waals surface area contributed by atoms with E-state index in [-0.39, 0.29) is 0 Å². The predicted molar refractivity (Wildman–Crippen MR) is 82.7 cm³/mol. The largest absolute Gasteiger partial charge is 0.308 e. The van der Waals surface area contributed by atoms with Crippen molar-refractivity contribution in [2.45, 2.75) is 64.1 Å². The molecule has 3 heteroatoms. The van der Waals surface area contributed by atoms with Crippen LogP contribution in [-0.2, 0) is 6.54 Å². The number of aryl methyl sites for hydroxylation is 1. The molecule has 1 saturated carbocycles. The highest BCUT2D eigenvalue weighted by Crippen LogP contribution is 2.32. The topological polar surface area (TPSA) is 28.2 Å². The van der Waals surface area contributed by atoms with E-state index < -0.39 is 0 Å². The fourth-order valence-electron chi connectivity index (χ4n) is 3.81. The molecule has 1 saturated heterocycles. The number of nitrogens with one attached hydrogen (secondary N) is 1. The molecule has 1 aliphatic carbocycles. The van der Waals surface area contributed by atoms with Gasteiger partial charge in [0.1, 0.15) is 0 Å². The molecule has 1 unspecified atom stereocenters. The summed E-state index contributed by atoms with van der Waals surface area (Å²) in [6, 6.07) is 2.89. The van der Waals surface area contributed by atoms with E-state index >= 15 is 0 Å². The summed E-state index contributed by atoms with van der Waals surface area (Å²) in [7, 11) is 0. The second kappa shape index (κ2) is 5.82. The Labute approximate surface area is 122 Å². The van der Waals surface area contributed by atoms with E-state index in [1.807, 2.05) is 12.4 Å². The van der Waals surface area contributed by atoms with Crippen LogP contribution in [0.4, 0.5) is 0 Å². The molecule has 20 heavy (non-hydrogen) atoms. The van der Waals surface area contributed by atoms with Crippen molar-refractivity contribution in [1.82, 2.24) is 15.2 Å². The molecular formula is C17H27N3. The van der Waals surface area contributed by atoms with Gasteiger partial charge in [0.05, 0.1) is 0 Å². The van der Waals surface area contributed by atoms with Gasteiger partial charge in [0.15, 0.2) is 0 Å². The molecule has 1 aromatic rings. The van der Waals surface area contributed by atoms with Gasteiger partial charge in [-0.1, -0.05) is 25.3 Å². The number of nitrogens with zero attached hydrogens (tertiary/aromatic N) is 2. The van der Waals surface area contributed by atoms with E-state index in [1.165, 1.54) is 49.8 Å². The molecule has 1 atom stereocenters. The highest BCUT2D eigenvalue weighted by molar-refractivity contribution is 5.17. The summed E-state index contributed by atoms with van der Waals surface area (Å²) in [4.78, 5) is 6.99. The monoisotopic (exact) mass is 273 g/mol. The van der Waals surface area contributed by atoms with Crippen LogP contribution in [0.1, 0.15) is 50.2 Å². The Kier molecular flexibility index (Phi) is 4.08. The van der Waals surface area contributed by atoms with Crippen molar-refractivity contribution in [2.75, 3.05) is 13.1 Å². The molecule has 3 rings (SSSR count). The standard InChI is InChI=1S/C17H27N3/c1-14-8-16(11-18-9-14)12-20-13-17(19-10-15(20)2)6-4-3-5-7-17/h8-9,11,15,19H,3-7,10,12-13H2,1-2H3. The summed E-state index contributed by atoms with van der Waals surface area (Å²) in [5, 5.41) is 3.85. The molecule has 2 fully saturated rings. The maximum atomic E-state index is 4.34. The van der Waals surface area contributed by atoms with Crippen LogP contribution in [0.3, 0.4) is 0 Å². The maximum absolute atomic E-state index is 4.34. The molecule has 0 aromatic carbocycles. The fraction of sp³-hybridized carbons (Fsp3) is 0.706. The summed E-state index contributed by atoms with van der Waals surface area (Å²) in [6.07, 6.45) is 10.9. The Balaban J connectivity index is 1.70. The summed E-state index contributed by atoms with van der Waals surface area (Å²) in [6.45, 7) is 7.83. The van der Waals surface area contributed by atoms with Gasteiger partial charge in [-0.3, -0.25) is 9.88 Å². The van der Waals surface area contributed by atoms with Crippen molar-refractivity contribution in [3.05, 3.63) is 29.6 Å². The summed E-state index contributed by atoms with van der Waals surface area (Å²) in [5.41, 5.74) is 3.00. The van der Waals surface area contributed by atoms with E-state index in [4.69, 9.17) is 0 Å². The zero-order valence-corrected chi connectivity index (χ0v) is 12.9. The van der Waals surface area contributed by atoms with Crippen molar-refractivity contribution >= 4 is 0 Å². The first-order chi connectivity index (χ1) is 9.67. The highest BCUT2D eigenvalue weighted by Gasteiger charge is 2.38. The van der Waals surface area contributed by atoms with Gasteiger partial charge < -0.3 is 5.32 Å². The zero-order valence-electron chi connectivity index (χ0n) is 12.9. The molecule has 0 amide bonds. The predicted octanol–water partition coefficient (Wildman–Crippen LogP) is 2.89. The SMILES string of the molecule is Cc1cncc(CN2CC3(CCCCC3)NCC2C)c1. The number of pyridine rings is 1. The number of aromatic nitrogens is 1. The van der Waals surface area contributed by atoms with Crippen molar-refractivity contribution in [1.29, 1.82) is 0 Å². The molecule has 0 bridgehead atoms. The third kappa shape index (κ3) is 3.04. The van der Waals surface area contributed by atoms with Crippen LogP contribution in [0.15, 0.2) is 18.5 Å². The van der Waals surface area contributed by atoms with Gasteiger partial charge in [-0.05, 0) is 37.8 Å². The van der Waals surface area contributed by atoms with Gasteiger partial charge in [-0.25, -0.2) is 0 Å². The minimum atomic E-state index is 0.391. The lowest BCUT2D eigenvalue weighted by molar-refractivity contribution is 0.0572. The van der Waals surface area contributed by atoms with Gasteiger partial charge >= 0.3 is 0 Å². The maximum Gasteiger partial charge on any atom is 0.0313 e. The third-order valence-corrected chi connectivity index (χ3v) is 5.03. The summed E-state index contributed by atoms with van der Waals surface area (Å²) < 4.78 is 0. The minimum Gasteiger partial charge on any atom is -0.308 e. The van der Waals surface area contributed by atoms with Crippen LogP contribution in [0.2, 0.25) is 0 Å². The molecule has 1 spiro atoms. The smallest absolute Gasteiger partial charge is 0.0313 e. The Morgan fingerprint density at radius 2 is 2.10 bits per heavy atom. The summed E-state index contributed by atoms with van der Waals surface area (Å²) >= 11 is 0. The van der Waals surface area contributed by atoms with Crippen molar-refractivity contribution in [3.63, 3.8) is 0 Å². The first kappa shape index (κ1) is 14.0. The van der Waals surface area contributed by atoms with Crippen LogP contribution in [0, 0.1) is 6.92 Å². The van der Waals surface area contributed by atoms with Crippen molar-refractivity contribution in [2.24, 2.45) is 0 Å². The van der Waals surface area contributed by atoms with Gasteiger partial charge in [-0.2, -0.15) is 0 Å². The van der Waals surface area contributed by atoms with E-state index in [0.717, 1.165) is 13.1 Å². The van der Waals surface area contributed by atoms with Crippen LogP contribution >= 0.6 is 0 Å². The molecule has 2 aliphatic rings. The number of rotatable bonds is 2. The van der Waals surface area contributed by atoms with Crippen molar-refractivity contribution < 1.29 is 0 Å². The lowest BCUT2D eigenvalue weighted by Crippen LogP contribution is -2.63. The molecule has 1 aromatic heterocycles. The average molecular weight is 273 g/mol. The van der Waals surface area contributed by atoms with Gasteiger partial charge in [0, 0.05) is 43.6 Å². The molecular weight excluding hydrogens is 246 g/mol. The fourth-order valence-corrected chi connectivity index (χ4v) is 3.81. The second-order valence-corrected chi connectivity index (χ2v) is 6.85. The van der Waals surface area contributed by atoms with Crippen LogP contribution in [0.5, 0.6) is 0 Å². The molecule has 1 aliphatic heterocycles. The molecule has 1 N–H and O–H groups in total. The second-order valence-electron chi connectivity index (χ2n) is 6.85. The van der Waals surface area contributed by atoms with E-state index in [2.05, 4.69) is 35.1 Å². The lowest BCUT2D eigenvalue weighted by atomic mass is 9.79. The van der Waals surface area contributed by atoms with Crippen LogP contribution in [0.25, 0.3) is 0 Å². The van der Waals surface area contributed by atoms with Crippen LogP contribution in [-0.4, -0.2) is 34.6 Å². The van der Waals surface area contributed by atoms with Crippen molar-refractivity contribution in [3.8, 4) is 0 Å². The zero-order chi connectivity index (χ0) is 14.0. The van der Waals surface area contributed by atoms with E-state index in [9.17, 15) is 0 Å². The van der Waals surface area contributed by atoms with E-state index in [1.54, 1.807) is 0 Å². The Morgan fingerprint density at radius 1 is 1.30 bits per heavy atom. The lowest BCUT2D eigenvalue weighted by Gasteiger charge is -2.49. The Bertz CT molecular complexity index is 451.